The topological polar surface area (TPSA) is 29.1 Å². The van der Waals surface area contributed by atoms with Crippen molar-refractivity contribution in [3.63, 3.8) is 0 Å². The molecule has 0 aliphatic rings. The highest BCUT2D eigenvalue weighted by molar-refractivity contribution is 6.17. The molecule has 0 rings (SSSR count). The molecule has 3 heteroatoms. The van der Waals surface area contributed by atoms with Crippen molar-refractivity contribution < 1.29 is 4.79 Å². The molecule has 0 aromatic carbocycles. The molecule has 0 saturated heterocycles. The first-order valence-electron chi connectivity index (χ1n) is 2.65. The molecule has 0 aliphatic carbocycles. The Bertz CT molecular complexity index is 58.4. The molecular formula is C5H10ClNO. The lowest BCUT2D eigenvalue weighted by Gasteiger charge is -1.93. The van der Waals surface area contributed by atoms with Gasteiger partial charge in [-0.15, -0.1) is 11.6 Å². The fourth-order valence-electron chi connectivity index (χ4n) is 0.380. The summed E-state index contributed by atoms with van der Waals surface area (Å²) in [5, 5.41) is 2.54. The normalized spacial score (nSPS) is 8.62. The van der Waals surface area contributed by atoms with Crippen LogP contribution in [0.25, 0.3) is 0 Å². The van der Waals surface area contributed by atoms with E-state index in [1.54, 1.807) is 0 Å². The summed E-state index contributed by atoms with van der Waals surface area (Å²) in [5.74, 6) is 0.681. The largest absolute Gasteiger partial charge is 0.359 e. The lowest BCUT2D eigenvalue weighted by molar-refractivity contribution is -0.109. The van der Waals surface area contributed by atoms with Crippen molar-refractivity contribution in [1.29, 1.82) is 0 Å². The predicted octanol–water partition coefficient (Wildman–Crippen LogP) is 0.751. The minimum Gasteiger partial charge on any atom is -0.359 e. The Morgan fingerprint density at radius 1 is 1.50 bits per heavy atom. The second-order valence-corrected chi connectivity index (χ2v) is 1.85. The Morgan fingerprint density at radius 2 is 2.25 bits per heavy atom. The summed E-state index contributed by atoms with van der Waals surface area (Å²) in [6.07, 6.45) is 2.65. The molecule has 0 aromatic rings. The van der Waals surface area contributed by atoms with Crippen LogP contribution in [0, 0.1) is 0 Å². The summed E-state index contributed by atoms with van der Waals surface area (Å²) >= 11 is 5.36. The van der Waals surface area contributed by atoms with Gasteiger partial charge in [-0.05, 0) is 12.8 Å². The number of carbonyl (C=O) groups excluding carboxylic acids is 1. The van der Waals surface area contributed by atoms with E-state index >= 15 is 0 Å². The average molecular weight is 136 g/mol. The fraction of sp³-hybridized carbons (Fsp3) is 0.800. The van der Waals surface area contributed by atoms with Crippen LogP contribution in [0.2, 0.25) is 0 Å². The van der Waals surface area contributed by atoms with Gasteiger partial charge in [0.05, 0.1) is 0 Å². The first kappa shape index (κ1) is 7.76. The van der Waals surface area contributed by atoms with E-state index in [1.165, 1.54) is 0 Å². The Kier molecular flexibility index (Phi) is 6.56. The molecule has 0 bridgehead atoms. The predicted molar refractivity (Wildman–Crippen MR) is 34.0 cm³/mol. The van der Waals surface area contributed by atoms with Crippen LogP contribution in [0.15, 0.2) is 0 Å². The van der Waals surface area contributed by atoms with Gasteiger partial charge >= 0.3 is 0 Å². The van der Waals surface area contributed by atoms with Crippen molar-refractivity contribution in [2.45, 2.75) is 12.8 Å². The number of halogens is 1. The monoisotopic (exact) mass is 135 g/mol. The molecule has 0 aliphatic heterocycles. The molecule has 0 aromatic heterocycles. The van der Waals surface area contributed by atoms with Gasteiger partial charge in [0, 0.05) is 12.4 Å². The summed E-state index contributed by atoms with van der Waals surface area (Å²) in [6.45, 7) is 0.746. The Labute approximate surface area is 54.2 Å². The summed E-state index contributed by atoms with van der Waals surface area (Å²) in [5.41, 5.74) is 0. The van der Waals surface area contributed by atoms with Gasteiger partial charge in [0.2, 0.25) is 6.41 Å². The lowest BCUT2D eigenvalue weighted by Crippen LogP contribution is -2.11. The van der Waals surface area contributed by atoms with E-state index in [-0.39, 0.29) is 0 Å². The van der Waals surface area contributed by atoms with Crippen molar-refractivity contribution >= 4 is 18.0 Å². The van der Waals surface area contributed by atoms with Gasteiger partial charge in [-0.3, -0.25) is 4.79 Å². The zero-order valence-electron chi connectivity index (χ0n) is 4.69. The van der Waals surface area contributed by atoms with Crippen LogP contribution in [0.3, 0.4) is 0 Å². The molecule has 0 atom stereocenters. The van der Waals surface area contributed by atoms with E-state index in [9.17, 15) is 4.79 Å². The Hall–Kier alpha value is -0.240. The number of hydrogen-bond acceptors (Lipinski definition) is 1. The summed E-state index contributed by atoms with van der Waals surface area (Å²) in [6, 6.07) is 0. The van der Waals surface area contributed by atoms with Crippen LogP contribution in [0.1, 0.15) is 12.8 Å². The molecule has 2 nitrogen and oxygen atoms in total. The highest BCUT2D eigenvalue weighted by Crippen LogP contribution is 1.87. The van der Waals surface area contributed by atoms with E-state index in [0.717, 1.165) is 19.4 Å². The third-order valence-corrected chi connectivity index (χ3v) is 1.06. The smallest absolute Gasteiger partial charge is 0.207 e. The van der Waals surface area contributed by atoms with E-state index in [0.29, 0.717) is 12.3 Å². The number of amides is 1. The second-order valence-electron chi connectivity index (χ2n) is 1.47. The molecule has 1 N–H and O–H groups in total. The van der Waals surface area contributed by atoms with Crippen molar-refractivity contribution in [3.05, 3.63) is 0 Å². The minimum absolute atomic E-state index is 0.681. The molecule has 0 saturated carbocycles. The van der Waals surface area contributed by atoms with Crippen molar-refractivity contribution in [3.8, 4) is 0 Å². The summed E-state index contributed by atoms with van der Waals surface area (Å²) in [7, 11) is 0. The van der Waals surface area contributed by atoms with Crippen molar-refractivity contribution in [1.82, 2.24) is 5.32 Å². The number of hydrogen-bond donors (Lipinski definition) is 1. The van der Waals surface area contributed by atoms with E-state index < -0.39 is 0 Å². The molecule has 1 amide bonds. The van der Waals surface area contributed by atoms with Crippen LogP contribution in [0.4, 0.5) is 0 Å². The fourth-order valence-corrected chi connectivity index (χ4v) is 0.569. The van der Waals surface area contributed by atoms with E-state index in [1.807, 2.05) is 0 Å². The first-order chi connectivity index (χ1) is 3.91. The van der Waals surface area contributed by atoms with Crippen molar-refractivity contribution in [2.24, 2.45) is 0 Å². The SMILES string of the molecule is O=CNCCCCCl. The van der Waals surface area contributed by atoms with Crippen LogP contribution < -0.4 is 5.32 Å². The number of unbranched alkanes of at least 4 members (excludes halogenated alkanes) is 1. The molecule has 0 spiro atoms. The standard InChI is InChI=1S/C5H10ClNO/c6-3-1-2-4-7-5-8/h5H,1-4H2,(H,7,8). The third kappa shape index (κ3) is 5.76. The third-order valence-electron chi connectivity index (χ3n) is 0.788. The number of nitrogens with one attached hydrogen (secondary N) is 1. The van der Waals surface area contributed by atoms with Crippen LogP contribution in [-0.2, 0) is 4.79 Å². The lowest BCUT2D eigenvalue weighted by atomic mass is 10.3. The maximum absolute atomic E-state index is 9.62. The van der Waals surface area contributed by atoms with Crippen LogP contribution in [-0.4, -0.2) is 18.8 Å². The second kappa shape index (κ2) is 6.76. The Balaban J connectivity index is 2.62. The van der Waals surface area contributed by atoms with Crippen molar-refractivity contribution in [2.75, 3.05) is 12.4 Å². The highest BCUT2D eigenvalue weighted by Gasteiger charge is 1.82. The van der Waals surface area contributed by atoms with Gasteiger partial charge in [-0.25, -0.2) is 0 Å². The van der Waals surface area contributed by atoms with Gasteiger partial charge in [0.1, 0.15) is 0 Å². The van der Waals surface area contributed by atoms with Crippen LogP contribution in [0.5, 0.6) is 0 Å². The zero-order valence-corrected chi connectivity index (χ0v) is 5.45. The molecule has 0 heterocycles. The summed E-state index contributed by atoms with van der Waals surface area (Å²) in [4.78, 5) is 9.62. The average Bonchev–Trinajstić information content (AvgIpc) is 1.81. The Morgan fingerprint density at radius 3 is 2.75 bits per heavy atom. The van der Waals surface area contributed by atoms with Gasteiger partial charge in [-0.2, -0.15) is 0 Å². The minimum atomic E-state index is 0.681. The molecule has 0 radical (unpaired) electrons. The summed E-state index contributed by atoms with van der Waals surface area (Å²) < 4.78 is 0. The molecule has 0 fully saturated rings. The van der Waals surface area contributed by atoms with Gasteiger partial charge in [0.15, 0.2) is 0 Å². The van der Waals surface area contributed by atoms with Gasteiger partial charge in [0.25, 0.3) is 0 Å². The van der Waals surface area contributed by atoms with E-state index in [4.69, 9.17) is 11.6 Å². The van der Waals surface area contributed by atoms with E-state index in [2.05, 4.69) is 5.32 Å². The molecule has 48 valence electrons. The zero-order chi connectivity index (χ0) is 6.24. The number of alkyl halides is 1. The maximum atomic E-state index is 9.62. The first-order valence-corrected chi connectivity index (χ1v) is 3.18. The van der Waals surface area contributed by atoms with Crippen LogP contribution >= 0.6 is 11.6 Å². The molecular weight excluding hydrogens is 126 g/mol. The molecule has 0 unspecified atom stereocenters. The number of carbonyl (C=O) groups is 1. The van der Waals surface area contributed by atoms with Gasteiger partial charge < -0.3 is 5.32 Å². The maximum Gasteiger partial charge on any atom is 0.207 e. The quantitative estimate of drug-likeness (QED) is 0.337. The molecule has 8 heavy (non-hydrogen) atoms. The highest BCUT2D eigenvalue weighted by atomic mass is 35.5. The van der Waals surface area contributed by atoms with Gasteiger partial charge in [-0.1, -0.05) is 0 Å². The number of rotatable bonds is 5.